The van der Waals surface area contributed by atoms with Crippen molar-refractivity contribution in [2.24, 2.45) is 0 Å². The van der Waals surface area contributed by atoms with Gasteiger partial charge in [-0.05, 0) is 30.7 Å². The van der Waals surface area contributed by atoms with E-state index in [1.807, 2.05) is 12.1 Å². The van der Waals surface area contributed by atoms with Gasteiger partial charge in [-0.3, -0.25) is 4.79 Å². The smallest absolute Gasteiger partial charge is 0.223 e. The van der Waals surface area contributed by atoms with Gasteiger partial charge in [0.15, 0.2) is 9.84 Å². The van der Waals surface area contributed by atoms with Crippen LogP contribution in [-0.4, -0.2) is 43.8 Å². The van der Waals surface area contributed by atoms with Gasteiger partial charge in [0.25, 0.3) is 0 Å². The average Bonchev–Trinajstić information content (AvgIpc) is 3.05. The summed E-state index contributed by atoms with van der Waals surface area (Å²) in [4.78, 5) is 14.5. The summed E-state index contributed by atoms with van der Waals surface area (Å²) < 4.78 is 30.1. The van der Waals surface area contributed by atoms with Crippen LogP contribution in [0.25, 0.3) is 0 Å². The number of hydrogen-bond acceptors (Lipinski definition) is 5. The molecule has 1 aromatic heterocycles. The number of carbonyl (C=O) groups is 1. The second kappa shape index (κ2) is 8.10. The van der Waals surface area contributed by atoms with Crippen LogP contribution in [0, 0.1) is 0 Å². The first kappa shape index (κ1) is 18.1. The number of sulfone groups is 1. The van der Waals surface area contributed by atoms with E-state index in [9.17, 15) is 13.2 Å². The minimum atomic E-state index is -3.42. The van der Waals surface area contributed by atoms with Gasteiger partial charge in [-0.25, -0.2) is 8.42 Å². The maximum Gasteiger partial charge on any atom is 0.223 e. The van der Waals surface area contributed by atoms with Gasteiger partial charge < -0.3 is 9.32 Å². The largest absolute Gasteiger partial charge is 0.468 e. The third-order valence-corrected chi connectivity index (χ3v) is 7.26. The molecule has 0 spiro atoms. The second-order valence-electron chi connectivity index (χ2n) is 5.93. The molecule has 25 heavy (non-hydrogen) atoms. The van der Waals surface area contributed by atoms with Crippen molar-refractivity contribution < 1.29 is 17.6 Å². The topological polar surface area (TPSA) is 67.6 Å². The molecule has 0 unspecified atom stereocenters. The molecule has 0 radical (unpaired) electrons. The van der Waals surface area contributed by atoms with Crippen LogP contribution in [0.3, 0.4) is 0 Å². The molecule has 134 valence electrons. The summed E-state index contributed by atoms with van der Waals surface area (Å²) in [7, 11) is -3.42. The van der Waals surface area contributed by atoms with E-state index in [0.717, 1.165) is 17.9 Å². The van der Waals surface area contributed by atoms with Crippen LogP contribution < -0.4 is 0 Å². The average molecular weight is 380 g/mol. The van der Waals surface area contributed by atoms with E-state index in [4.69, 9.17) is 4.42 Å². The summed E-state index contributed by atoms with van der Waals surface area (Å²) in [5, 5.41) is 0.251. The first-order valence-corrected chi connectivity index (χ1v) is 11.0. The number of furan rings is 1. The Hall–Kier alpha value is -1.73. The minimum Gasteiger partial charge on any atom is -0.468 e. The SMILES string of the molecule is O=C(CCS(=O)(=O)c1ccccc1)N1CCS[C@@H](c2ccco2)CC1. The van der Waals surface area contributed by atoms with Gasteiger partial charge in [0.05, 0.1) is 22.2 Å². The van der Waals surface area contributed by atoms with E-state index in [0.29, 0.717) is 13.1 Å². The molecule has 5 nitrogen and oxygen atoms in total. The molecule has 0 bridgehead atoms. The molecule has 0 aliphatic carbocycles. The molecular formula is C18H21NO4S2. The molecule has 0 saturated carbocycles. The van der Waals surface area contributed by atoms with Gasteiger partial charge in [0, 0.05) is 25.3 Å². The Morgan fingerprint density at radius 3 is 2.68 bits per heavy atom. The number of amides is 1. The highest BCUT2D eigenvalue weighted by atomic mass is 32.2. The normalized spacial score (nSPS) is 18.7. The molecule has 3 rings (SSSR count). The Kier molecular flexibility index (Phi) is 5.86. The summed E-state index contributed by atoms with van der Waals surface area (Å²) in [5.41, 5.74) is 0. The van der Waals surface area contributed by atoms with Crippen molar-refractivity contribution in [3.63, 3.8) is 0 Å². The lowest BCUT2D eigenvalue weighted by Gasteiger charge is -2.20. The van der Waals surface area contributed by atoms with Crippen LogP contribution in [-0.2, 0) is 14.6 Å². The fraction of sp³-hybridized carbons (Fsp3) is 0.389. The predicted octanol–water partition coefficient (Wildman–Crippen LogP) is 3.15. The molecule has 7 heteroatoms. The van der Waals surface area contributed by atoms with E-state index in [1.165, 1.54) is 0 Å². The van der Waals surface area contributed by atoms with Crippen molar-refractivity contribution in [1.82, 2.24) is 4.90 Å². The Labute approximate surface area is 152 Å². The highest BCUT2D eigenvalue weighted by Crippen LogP contribution is 2.34. The van der Waals surface area contributed by atoms with E-state index in [-0.39, 0.29) is 28.2 Å². The molecule has 1 saturated heterocycles. The number of carbonyl (C=O) groups excluding carboxylic acids is 1. The summed E-state index contributed by atoms with van der Waals surface area (Å²) in [6, 6.07) is 12.1. The molecule has 2 aromatic rings. The van der Waals surface area contributed by atoms with Crippen molar-refractivity contribution in [3.8, 4) is 0 Å². The van der Waals surface area contributed by atoms with Gasteiger partial charge in [0.2, 0.25) is 5.91 Å². The lowest BCUT2D eigenvalue weighted by atomic mass is 10.2. The molecule has 1 aromatic carbocycles. The molecule has 1 aliphatic rings. The van der Waals surface area contributed by atoms with Crippen LogP contribution in [0.15, 0.2) is 58.0 Å². The van der Waals surface area contributed by atoms with Gasteiger partial charge in [-0.2, -0.15) is 0 Å². The second-order valence-corrected chi connectivity index (χ2v) is 9.35. The lowest BCUT2D eigenvalue weighted by molar-refractivity contribution is -0.130. The van der Waals surface area contributed by atoms with Crippen LogP contribution in [0.1, 0.15) is 23.9 Å². The quantitative estimate of drug-likeness (QED) is 0.798. The monoisotopic (exact) mass is 379 g/mol. The number of nitrogens with zero attached hydrogens (tertiary/aromatic N) is 1. The van der Waals surface area contributed by atoms with E-state index >= 15 is 0 Å². The molecule has 1 aliphatic heterocycles. The Morgan fingerprint density at radius 1 is 1.16 bits per heavy atom. The van der Waals surface area contributed by atoms with Gasteiger partial charge in [-0.1, -0.05) is 18.2 Å². The van der Waals surface area contributed by atoms with Crippen molar-refractivity contribution >= 4 is 27.5 Å². The first-order valence-electron chi connectivity index (χ1n) is 8.27. The third-order valence-electron chi connectivity index (χ3n) is 4.24. The number of benzene rings is 1. The molecule has 1 atom stereocenters. The number of thioether (sulfide) groups is 1. The molecule has 2 heterocycles. The molecule has 0 N–H and O–H groups in total. The zero-order valence-corrected chi connectivity index (χ0v) is 15.5. The standard InChI is InChI=1S/C18H21NO4S2/c20-18(9-14-25(21,22)15-5-2-1-3-6-15)19-10-8-17(24-13-11-19)16-7-4-12-23-16/h1-7,12,17H,8-11,13-14H2/t17-/m1/s1. The van der Waals surface area contributed by atoms with Crippen LogP contribution in [0.4, 0.5) is 0 Å². The van der Waals surface area contributed by atoms with Gasteiger partial charge in [-0.15, -0.1) is 11.8 Å². The van der Waals surface area contributed by atoms with Crippen LogP contribution in [0.2, 0.25) is 0 Å². The molecule has 1 fully saturated rings. The number of rotatable bonds is 5. The highest BCUT2D eigenvalue weighted by molar-refractivity contribution is 7.99. The first-order chi connectivity index (χ1) is 12.1. The third kappa shape index (κ3) is 4.67. The zero-order valence-electron chi connectivity index (χ0n) is 13.8. The Bertz CT molecular complexity index is 788. The van der Waals surface area contributed by atoms with Gasteiger partial charge >= 0.3 is 0 Å². The van der Waals surface area contributed by atoms with E-state index in [1.54, 1.807) is 53.3 Å². The van der Waals surface area contributed by atoms with Crippen molar-refractivity contribution in [3.05, 3.63) is 54.5 Å². The van der Waals surface area contributed by atoms with E-state index in [2.05, 4.69) is 0 Å². The summed E-state index contributed by atoms with van der Waals surface area (Å²) in [5.74, 6) is 1.51. The fourth-order valence-electron chi connectivity index (χ4n) is 2.85. The lowest BCUT2D eigenvalue weighted by Crippen LogP contribution is -2.34. The van der Waals surface area contributed by atoms with E-state index < -0.39 is 9.84 Å². The van der Waals surface area contributed by atoms with Gasteiger partial charge in [0.1, 0.15) is 5.76 Å². The van der Waals surface area contributed by atoms with Crippen molar-refractivity contribution in [1.29, 1.82) is 0 Å². The minimum absolute atomic E-state index is 0.0211. The fourth-order valence-corrected chi connectivity index (χ4v) is 5.28. The summed E-state index contributed by atoms with van der Waals surface area (Å²) in [6.07, 6.45) is 2.50. The number of hydrogen-bond donors (Lipinski definition) is 0. The maximum atomic E-state index is 12.5. The Balaban J connectivity index is 1.55. The summed E-state index contributed by atoms with van der Waals surface area (Å²) in [6.45, 7) is 1.27. The predicted molar refractivity (Wildman–Crippen MR) is 98.2 cm³/mol. The molecule has 1 amide bonds. The van der Waals surface area contributed by atoms with Crippen LogP contribution in [0.5, 0.6) is 0 Å². The Morgan fingerprint density at radius 2 is 1.96 bits per heavy atom. The maximum absolute atomic E-state index is 12.5. The van der Waals surface area contributed by atoms with Crippen molar-refractivity contribution in [2.75, 3.05) is 24.6 Å². The summed E-state index contributed by atoms with van der Waals surface area (Å²) >= 11 is 1.78. The highest BCUT2D eigenvalue weighted by Gasteiger charge is 2.24. The van der Waals surface area contributed by atoms with Crippen molar-refractivity contribution in [2.45, 2.75) is 23.0 Å². The van der Waals surface area contributed by atoms with Crippen LogP contribution >= 0.6 is 11.8 Å². The molecular weight excluding hydrogens is 358 g/mol. The zero-order chi connectivity index (χ0) is 17.7.